The van der Waals surface area contributed by atoms with Crippen molar-refractivity contribution in [3.8, 4) is 23.7 Å². The minimum atomic E-state index is -1.76. The van der Waals surface area contributed by atoms with E-state index in [1.807, 2.05) is 6.92 Å². The molecule has 5 saturated carbocycles. The Labute approximate surface area is 525 Å². The van der Waals surface area contributed by atoms with Crippen LogP contribution in [0.25, 0.3) is 0 Å². The van der Waals surface area contributed by atoms with Crippen molar-refractivity contribution in [3.63, 3.8) is 0 Å². The first kappa shape index (κ1) is 63.6. The van der Waals surface area contributed by atoms with Crippen LogP contribution in [-0.2, 0) is 25.5 Å². The molecule has 19 N–H and O–H groups in total. The highest BCUT2D eigenvalue weighted by molar-refractivity contribution is 5.88. The number of hydrogen-bond acceptors (Lipinski definition) is 18. The van der Waals surface area contributed by atoms with E-state index >= 15 is 4.79 Å². The molecule has 13 rings (SSSR count). The number of nitrogens with two attached hydrogens (primary N) is 2. The maximum atomic E-state index is 16.2. The summed E-state index contributed by atoms with van der Waals surface area (Å²) in [6, 6.07) is -0.979. The van der Waals surface area contributed by atoms with Gasteiger partial charge in [0.2, 0.25) is 5.91 Å². The number of nitrogens with zero attached hydrogens (tertiary/aromatic N) is 3. The fraction of sp³-hybridized carbons (Fsp3) is 0.773. The molecule has 0 unspecified atom stereocenters. The SMILES string of the molecule is CN=C(N)NCCNC[C@@H]([C@H](O)[C@@H](c1cnc[nH]1)[C@H]1NC(=O)[C@]23CCC[C@H]2C#C[C@@H]2C=C4[C@@H]5C[C@@](C)(CO)CC[C@]5(C(=O)O)[C@H]5CNc6nc[nH]c6C[C@@H]5[C@]45CCC#C[C@H]([C@H]13)[C@@H]1[C@@H](O)[C@@H](O[C@@H]3OC[C@@H](O)[C@H](O)[C@H]3O)[C@@](C)(CO)[C@H]3CC[C@]5(C)[C@H]2[C@@]13C)[C@@H](N)O. The lowest BCUT2D eigenvalue weighted by Gasteiger charge is -2.77. The predicted molar refractivity (Wildman–Crippen MR) is 327 cm³/mol. The van der Waals surface area contributed by atoms with E-state index in [0.717, 1.165) is 11.3 Å². The zero-order valence-corrected chi connectivity index (χ0v) is 52.3. The largest absolute Gasteiger partial charge is 0.481 e. The van der Waals surface area contributed by atoms with E-state index in [0.29, 0.717) is 102 Å². The zero-order valence-electron chi connectivity index (χ0n) is 52.3. The topological polar surface area (TPSA) is 405 Å². The van der Waals surface area contributed by atoms with Crippen molar-refractivity contribution in [2.24, 2.45) is 119 Å². The van der Waals surface area contributed by atoms with E-state index in [-0.39, 0.29) is 37.5 Å². The molecule has 5 bridgehead atoms. The van der Waals surface area contributed by atoms with Gasteiger partial charge < -0.3 is 98.1 Å². The number of aliphatic imine (C=N–C) groups is 1. The molecule has 0 aromatic carbocycles. The van der Waals surface area contributed by atoms with Gasteiger partial charge in [0.25, 0.3) is 0 Å². The van der Waals surface area contributed by atoms with Gasteiger partial charge >= 0.3 is 5.97 Å². The maximum Gasteiger partial charge on any atom is 0.310 e. The first-order valence-corrected chi connectivity index (χ1v) is 33.0. The first-order chi connectivity index (χ1) is 43.0. The van der Waals surface area contributed by atoms with Crippen LogP contribution in [0.5, 0.6) is 0 Å². The lowest BCUT2D eigenvalue weighted by molar-refractivity contribution is -0.346. The van der Waals surface area contributed by atoms with E-state index < -0.39 is 171 Å². The van der Waals surface area contributed by atoms with Gasteiger partial charge in [0.05, 0.1) is 60.7 Å². The van der Waals surface area contributed by atoms with Crippen LogP contribution in [0.3, 0.4) is 0 Å². The number of aliphatic hydroxyl groups is 8. The van der Waals surface area contributed by atoms with Crippen molar-refractivity contribution in [1.29, 1.82) is 0 Å². The molecular formula is C66H95N11O13. The molecule has 2 spiro atoms. The highest BCUT2D eigenvalue weighted by Crippen LogP contribution is 2.82. The van der Waals surface area contributed by atoms with Gasteiger partial charge in [-0.15, -0.1) is 5.92 Å². The van der Waals surface area contributed by atoms with E-state index in [1.165, 1.54) is 6.33 Å². The number of fused-ring (bicyclic) bond motifs is 6. The summed E-state index contributed by atoms with van der Waals surface area (Å²) in [5.74, 6) is 7.09. The molecule has 7 fully saturated rings. The second-order valence-electron chi connectivity index (χ2n) is 30.1. The molecule has 24 heteroatoms. The smallest absolute Gasteiger partial charge is 0.310 e. The van der Waals surface area contributed by atoms with Gasteiger partial charge in [-0.05, 0) is 104 Å². The third-order valence-electron chi connectivity index (χ3n) is 26.5. The number of aromatic nitrogens is 4. The summed E-state index contributed by atoms with van der Waals surface area (Å²) in [7, 11) is 1.57. The molecule has 1 amide bonds. The van der Waals surface area contributed by atoms with Crippen LogP contribution in [-0.4, -0.2) is 192 Å². The molecule has 90 heavy (non-hydrogen) atoms. The number of aliphatic carboxylic acids is 1. The molecule has 28 atom stereocenters. The number of aromatic amines is 2. The van der Waals surface area contributed by atoms with Crippen LogP contribution in [0, 0.1) is 127 Å². The molecule has 2 aromatic rings. The number of anilines is 1. The summed E-state index contributed by atoms with van der Waals surface area (Å²) in [5, 5.41) is 122. The van der Waals surface area contributed by atoms with Crippen molar-refractivity contribution < 1.29 is 65.0 Å². The van der Waals surface area contributed by atoms with Gasteiger partial charge in [0.1, 0.15) is 30.4 Å². The Kier molecular flexibility index (Phi) is 16.3. The van der Waals surface area contributed by atoms with E-state index in [1.54, 1.807) is 19.6 Å². The lowest BCUT2D eigenvalue weighted by Crippen LogP contribution is -2.76. The molecule has 24 nitrogen and oxygen atoms in total. The average molecular weight is 1250 g/mol. The van der Waals surface area contributed by atoms with Crippen LogP contribution >= 0.6 is 0 Å². The van der Waals surface area contributed by atoms with Crippen LogP contribution < -0.4 is 32.7 Å². The number of carboxylic acid groups (broad SMARTS) is 1. The van der Waals surface area contributed by atoms with Gasteiger partial charge in [-0.25, -0.2) is 9.97 Å². The Morgan fingerprint density at radius 2 is 1.76 bits per heavy atom. The minimum Gasteiger partial charge on any atom is -0.481 e. The second kappa shape index (κ2) is 23.1. The van der Waals surface area contributed by atoms with Gasteiger partial charge in [-0.2, -0.15) is 0 Å². The standard InChI is InChI=1S/C66H95N11O13/c1-60(28-78)17-18-65(58(87)88)38(23-60)36-21-32-11-12-33-9-8-14-64(33)45(47(77-57(64)86)44(41-26-71-30-74-41)48(81)35(54(67)85)24-70-19-20-72-59(68)69-5)34-10-6-7-15-66(36,37-22-40-55(76-31-75-40)73-25-39(37)65)62(3)16-13-43-61(2,29-79)53(50(83)46(34)63(43,4)52(32)62)90-56-51(84)49(82)42(80)27-89-56/h21,26,30-35,37-39,42-54,56,70,73,78-85H,7-9,13-20,22-25,27-29,67H2,1-5H3,(H,71,74)(H,75,76)(H,77,86)(H,87,88)(H3,68,69,72)/t32-,33+,34-,35+,37+,38+,39+,42-,43-,44+,45-,46-,47-,48+,49+,50-,51-,52+,53-,54+,56+,60+,61+,62-,63-,64-,65-,66+/m1/s1. The Bertz CT molecular complexity index is 3250. The summed E-state index contributed by atoms with van der Waals surface area (Å²) in [6.45, 7) is 8.70. The van der Waals surface area contributed by atoms with Crippen molar-refractivity contribution in [1.82, 2.24) is 35.9 Å². The number of hydrogen-bond donors (Lipinski definition) is 17. The Hall–Kier alpha value is -5.19. The van der Waals surface area contributed by atoms with E-state index in [9.17, 15) is 50.8 Å². The highest BCUT2D eigenvalue weighted by atomic mass is 16.7. The summed E-state index contributed by atoms with van der Waals surface area (Å²) >= 11 is 0. The number of nitrogens with one attached hydrogen (secondary N) is 6. The van der Waals surface area contributed by atoms with Gasteiger partial charge in [0, 0.05) is 116 Å². The molecule has 5 heterocycles. The average Bonchev–Trinajstić information content (AvgIpc) is 0.817. The number of carbonyl (C=O) groups excluding carboxylic acids is 1. The third kappa shape index (κ3) is 8.95. The monoisotopic (exact) mass is 1250 g/mol. The molecule has 0 radical (unpaired) electrons. The quantitative estimate of drug-likeness (QED) is 0.0214. The molecule has 492 valence electrons. The minimum absolute atomic E-state index is 0.0367. The fourth-order valence-electron chi connectivity index (χ4n) is 22.7. The number of aliphatic hydroxyl groups excluding tert-OH is 8. The number of allylic oxidation sites excluding steroid dienone is 2. The molecule has 3 aliphatic heterocycles. The number of carbonyl (C=O) groups is 2. The Balaban J connectivity index is 1.07. The normalized spacial score (nSPS) is 46.7. The molecular weight excluding hydrogens is 1150 g/mol. The van der Waals surface area contributed by atoms with Crippen LogP contribution in [0.1, 0.15) is 109 Å². The predicted octanol–water partition coefficient (Wildman–Crippen LogP) is 0.105. The summed E-state index contributed by atoms with van der Waals surface area (Å²) in [4.78, 5) is 51.1. The number of H-pyrrole nitrogens is 2. The number of rotatable bonds is 15. The van der Waals surface area contributed by atoms with Gasteiger partial charge in [-0.1, -0.05) is 63.5 Å². The first-order valence-electron chi connectivity index (χ1n) is 33.0. The summed E-state index contributed by atoms with van der Waals surface area (Å²) in [6.07, 6.45) is -0.0598. The Morgan fingerprint density at radius 3 is 2.48 bits per heavy atom. The zero-order chi connectivity index (χ0) is 63.8. The Morgan fingerprint density at radius 1 is 0.956 bits per heavy atom. The van der Waals surface area contributed by atoms with Crippen LogP contribution in [0.15, 0.2) is 35.5 Å². The molecule has 2 saturated heterocycles. The van der Waals surface area contributed by atoms with E-state index in [2.05, 4.69) is 91.7 Å². The van der Waals surface area contributed by atoms with Crippen molar-refractivity contribution >= 4 is 23.7 Å². The second-order valence-corrected chi connectivity index (χ2v) is 30.1. The number of carboxylic acids is 1. The highest BCUT2D eigenvalue weighted by Gasteiger charge is 2.80. The number of amides is 1. The van der Waals surface area contributed by atoms with Gasteiger partial charge in [-0.3, -0.25) is 14.6 Å². The summed E-state index contributed by atoms with van der Waals surface area (Å²) < 4.78 is 13.0. The number of guanidine groups is 1. The lowest BCUT2D eigenvalue weighted by atomic mass is 9.26. The van der Waals surface area contributed by atoms with Gasteiger partial charge in [0.15, 0.2) is 12.2 Å². The molecule has 8 aliphatic carbocycles. The van der Waals surface area contributed by atoms with Crippen LogP contribution in [0.2, 0.25) is 0 Å². The number of ether oxygens (including phenoxy) is 2. The van der Waals surface area contributed by atoms with E-state index in [4.69, 9.17) is 25.9 Å². The van der Waals surface area contributed by atoms with Crippen molar-refractivity contribution in [3.05, 3.63) is 41.9 Å². The maximum absolute atomic E-state index is 16.2. The third-order valence-corrected chi connectivity index (χ3v) is 26.5. The number of imidazole rings is 2. The van der Waals surface area contributed by atoms with Crippen LogP contribution in [0.4, 0.5) is 5.82 Å². The molecule has 2 aromatic heterocycles. The van der Waals surface area contributed by atoms with Crippen molar-refractivity contribution in [2.45, 2.75) is 159 Å². The molecule has 11 aliphatic rings. The summed E-state index contributed by atoms with van der Waals surface area (Å²) in [5.41, 5.74) is 7.61. The van der Waals surface area contributed by atoms with Crippen molar-refractivity contribution in [2.75, 3.05) is 58.4 Å². The fourth-order valence-corrected chi connectivity index (χ4v) is 22.7.